The van der Waals surface area contributed by atoms with Gasteiger partial charge < -0.3 is 9.64 Å². The molecule has 0 bridgehead atoms. The molecule has 1 saturated heterocycles. The molecule has 7 heteroatoms. The lowest BCUT2D eigenvalue weighted by Crippen LogP contribution is -2.40. The van der Waals surface area contributed by atoms with Crippen LogP contribution in [0.25, 0.3) is 11.1 Å². The predicted molar refractivity (Wildman–Crippen MR) is 116 cm³/mol. The van der Waals surface area contributed by atoms with Crippen LogP contribution in [-0.4, -0.2) is 45.5 Å². The minimum atomic E-state index is -3.73. The number of carbonyl (C=O) groups is 1. The minimum absolute atomic E-state index is 0.0794. The summed E-state index contributed by atoms with van der Waals surface area (Å²) >= 11 is 0. The summed E-state index contributed by atoms with van der Waals surface area (Å²) < 4.78 is 33.3. The van der Waals surface area contributed by atoms with Crippen LogP contribution in [0.4, 0.5) is 5.69 Å². The largest absolute Gasteiger partial charge is 0.378 e. The molecule has 3 aromatic rings. The van der Waals surface area contributed by atoms with Gasteiger partial charge in [-0.1, -0.05) is 42.5 Å². The fraction of sp³-hybridized carbons (Fsp3) is 0.174. The molecule has 0 atom stereocenters. The van der Waals surface area contributed by atoms with Gasteiger partial charge in [0.2, 0.25) is 0 Å². The molecule has 0 spiro atoms. The van der Waals surface area contributed by atoms with Gasteiger partial charge in [0, 0.05) is 24.3 Å². The number of nitrogens with zero attached hydrogens (tertiary/aromatic N) is 1. The molecule has 1 N–H and O–H groups in total. The minimum Gasteiger partial charge on any atom is -0.378 e. The van der Waals surface area contributed by atoms with Gasteiger partial charge in [-0.25, -0.2) is 8.42 Å². The highest BCUT2D eigenvalue weighted by molar-refractivity contribution is 7.92. The molecular formula is C23H22N2O4S. The first-order chi connectivity index (χ1) is 14.5. The van der Waals surface area contributed by atoms with E-state index >= 15 is 0 Å². The number of anilines is 1. The van der Waals surface area contributed by atoms with Crippen LogP contribution in [0.5, 0.6) is 0 Å². The predicted octanol–water partition coefficient (Wildman–Crippen LogP) is 3.63. The Morgan fingerprint density at radius 3 is 2.03 bits per heavy atom. The van der Waals surface area contributed by atoms with Crippen LogP contribution in [0, 0.1) is 0 Å². The zero-order chi connectivity index (χ0) is 21.0. The second-order valence-electron chi connectivity index (χ2n) is 6.98. The summed E-state index contributed by atoms with van der Waals surface area (Å²) in [6, 6.07) is 23.0. The van der Waals surface area contributed by atoms with Crippen molar-refractivity contribution in [1.29, 1.82) is 0 Å². The Morgan fingerprint density at radius 2 is 1.40 bits per heavy atom. The highest BCUT2D eigenvalue weighted by Gasteiger charge is 2.19. The Bertz CT molecular complexity index is 1110. The van der Waals surface area contributed by atoms with Gasteiger partial charge in [-0.2, -0.15) is 0 Å². The third kappa shape index (κ3) is 4.53. The Morgan fingerprint density at radius 1 is 0.800 bits per heavy atom. The van der Waals surface area contributed by atoms with Crippen LogP contribution in [0.15, 0.2) is 83.8 Å². The molecule has 1 aliphatic rings. The summed E-state index contributed by atoms with van der Waals surface area (Å²) in [7, 11) is -3.73. The van der Waals surface area contributed by atoms with E-state index in [4.69, 9.17) is 4.74 Å². The summed E-state index contributed by atoms with van der Waals surface area (Å²) in [6.07, 6.45) is 0. The van der Waals surface area contributed by atoms with E-state index in [-0.39, 0.29) is 10.8 Å². The summed E-state index contributed by atoms with van der Waals surface area (Å²) in [5.74, 6) is -0.0794. The molecule has 1 heterocycles. The van der Waals surface area contributed by atoms with E-state index in [1.54, 1.807) is 53.4 Å². The monoisotopic (exact) mass is 422 g/mol. The molecule has 0 radical (unpaired) electrons. The van der Waals surface area contributed by atoms with Crippen molar-refractivity contribution in [1.82, 2.24) is 4.90 Å². The van der Waals surface area contributed by atoms with Gasteiger partial charge in [-0.15, -0.1) is 0 Å². The average molecular weight is 423 g/mol. The van der Waals surface area contributed by atoms with Gasteiger partial charge in [0.1, 0.15) is 0 Å². The van der Waals surface area contributed by atoms with E-state index in [0.29, 0.717) is 37.6 Å². The maximum atomic E-state index is 12.7. The van der Waals surface area contributed by atoms with Crippen LogP contribution in [0.2, 0.25) is 0 Å². The standard InChI is InChI=1S/C23H22N2O4S/c26-23(25-14-16-29-17-15-25)20-6-10-21(11-7-20)24-30(27,28)22-12-8-19(9-13-22)18-4-2-1-3-5-18/h1-13,24H,14-17H2. The van der Waals surface area contributed by atoms with Crippen LogP contribution in [0.3, 0.4) is 0 Å². The Labute approximate surface area is 176 Å². The lowest BCUT2D eigenvalue weighted by atomic mass is 10.1. The molecule has 6 nitrogen and oxygen atoms in total. The van der Waals surface area contributed by atoms with Crippen molar-refractivity contribution in [3.63, 3.8) is 0 Å². The number of benzene rings is 3. The first-order valence-electron chi connectivity index (χ1n) is 9.68. The first-order valence-corrected chi connectivity index (χ1v) is 11.2. The van der Waals surface area contributed by atoms with Gasteiger partial charge >= 0.3 is 0 Å². The zero-order valence-corrected chi connectivity index (χ0v) is 17.1. The van der Waals surface area contributed by atoms with Crippen molar-refractivity contribution in [3.8, 4) is 11.1 Å². The number of amides is 1. The number of ether oxygens (including phenoxy) is 1. The van der Waals surface area contributed by atoms with Crippen molar-refractivity contribution in [2.45, 2.75) is 4.90 Å². The maximum Gasteiger partial charge on any atom is 0.261 e. The number of morpholine rings is 1. The zero-order valence-electron chi connectivity index (χ0n) is 16.3. The van der Waals surface area contributed by atoms with Gasteiger partial charge in [-0.3, -0.25) is 9.52 Å². The van der Waals surface area contributed by atoms with Gasteiger partial charge in [-0.05, 0) is 47.5 Å². The fourth-order valence-electron chi connectivity index (χ4n) is 3.30. The molecule has 1 amide bonds. The molecule has 0 unspecified atom stereocenters. The van der Waals surface area contributed by atoms with Gasteiger partial charge in [0.15, 0.2) is 0 Å². The SMILES string of the molecule is O=C(c1ccc(NS(=O)(=O)c2ccc(-c3ccccc3)cc2)cc1)N1CCOCC1. The van der Waals surface area contributed by atoms with Crippen LogP contribution in [-0.2, 0) is 14.8 Å². The second kappa shape index (κ2) is 8.69. The molecule has 0 aliphatic carbocycles. The summed E-state index contributed by atoms with van der Waals surface area (Å²) in [6.45, 7) is 2.19. The van der Waals surface area contributed by atoms with Gasteiger partial charge in [0.05, 0.1) is 18.1 Å². The molecule has 30 heavy (non-hydrogen) atoms. The normalized spacial score (nSPS) is 14.3. The molecule has 1 fully saturated rings. The molecule has 0 saturated carbocycles. The highest BCUT2D eigenvalue weighted by atomic mass is 32.2. The molecular weight excluding hydrogens is 400 g/mol. The molecule has 3 aromatic carbocycles. The smallest absolute Gasteiger partial charge is 0.261 e. The van der Waals surface area contributed by atoms with E-state index in [9.17, 15) is 13.2 Å². The highest BCUT2D eigenvalue weighted by Crippen LogP contribution is 2.23. The van der Waals surface area contributed by atoms with Crippen molar-refractivity contribution < 1.29 is 17.9 Å². The van der Waals surface area contributed by atoms with E-state index in [0.717, 1.165) is 11.1 Å². The Hall–Kier alpha value is -3.16. The Balaban J connectivity index is 1.46. The molecule has 4 rings (SSSR count). The fourth-order valence-corrected chi connectivity index (χ4v) is 4.36. The molecule has 1 aliphatic heterocycles. The third-order valence-corrected chi connectivity index (χ3v) is 6.35. The van der Waals surface area contributed by atoms with Crippen molar-refractivity contribution >= 4 is 21.6 Å². The number of nitrogens with one attached hydrogen (secondary N) is 1. The van der Waals surface area contributed by atoms with Crippen molar-refractivity contribution in [2.75, 3.05) is 31.0 Å². The number of sulfonamides is 1. The number of carbonyl (C=O) groups excluding carboxylic acids is 1. The molecule has 154 valence electrons. The topological polar surface area (TPSA) is 75.7 Å². The van der Waals surface area contributed by atoms with Crippen LogP contribution >= 0.6 is 0 Å². The van der Waals surface area contributed by atoms with E-state index in [1.807, 2.05) is 30.3 Å². The second-order valence-corrected chi connectivity index (χ2v) is 8.66. The summed E-state index contributed by atoms with van der Waals surface area (Å²) in [4.78, 5) is 14.4. The van der Waals surface area contributed by atoms with E-state index in [2.05, 4.69) is 4.72 Å². The van der Waals surface area contributed by atoms with Crippen molar-refractivity contribution in [3.05, 3.63) is 84.4 Å². The number of rotatable bonds is 5. The van der Waals surface area contributed by atoms with E-state index < -0.39 is 10.0 Å². The van der Waals surface area contributed by atoms with Crippen LogP contribution in [0.1, 0.15) is 10.4 Å². The lowest BCUT2D eigenvalue weighted by Gasteiger charge is -2.26. The third-order valence-electron chi connectivity index (χ3n) is 4.95. The summed E-state index contributed by atoms with van der Waals surface area (Å²) in [5, 5.41) is 0. The van der Waals surface area contributed by atoms with E-state index in [1.165, 1.54) is 0 Å². The van der Waals surface area contributed by atoms with Gasteiger partial charge in [0.25, 0.3) is 15.9 Å². The number of hydrogen-bond donors (Lipinski definition) is 1. The molecule has 0 aromatic heterocycles. The maximum absolute atomic E-state index is 12.7. The van der Waals surface area contributed by atoms with Crippen LogP contribution < -0.4 is 4.72 Å². The Kier molecular flexibility index (Phi) is 5.83. The first kappa shape index (κ1) is 20.1. The lowest BCUT2D eigenvalue weighted by molar-refractivity contribution is 0.0303. The number of hydrogen-bond acceptors (Lipinski definition) is 4. The average Bonchev–Trinajstić information content (AvgIpc) is 2.80. The quantitative estimate of drug-likeness (QED) is 0.681. The summed E-state index contributed by atoms with van der Waals surface area (Å²) in [5.41, 5.74) is 2.89. The van der Waals surface area contributed by atoms with Crippen molar-refractivity contribution in [2.24, 2.45) is 0 Å².